The summed E-state index contributed by atoms with van der Waals surface area (Å²) in [4.78, 5) is 10.8. The molecule has 4 N–H and O–H groups in total. The van der Waals surface area contributed by atoms with Gasteiger partial charge in [0.1, 0.15) is 17.6 Å². The summed E-state index contributed by atoms with van der Waals surface area (Å²) in [6, 6.07) is 2.67. The van der Waals surface area contributed by atoms with Crippen molar-refractivity contribution in [1.29, 1.82) is 0 Å². The van der Waals surface area contributed by atoms with Crippen molar-refractivity contribution in [2.75, 3.05) is 5.75 Å². The Kier molecular flexibility index (Phi) is 5.01. The molecule has 0 aromatic heterocycles. The van der Waals surface area contributed by atoms with Crippen molar-refractivity contribution in [3.05, 3.63) is 23.3 Å². The van der Waals surface area contributed by atoms with Gasteiger partial charge in [-0.3, -0.25) is 4.79 Å². The molecule has 2 atom stereocenters. The predicted molar refractivity (Wildman–Crippen MR) is 68.6 cm³/mol. The molecule has 0 aliphatic rings. The minimum atomic E-state index is -1.31. The Morgan fingerprint density at radius 3 is 2.50 bits per heavy atom. The number of hydrogen-bond acceptors (Lipinski definition) is 6. The van der Waals surface area contributed by atoms with E-state index in [2.05, 4.69) is 0 Å². The quantitative estimate of drug-likeness (QED) is 0.655. The average Bonchev–Trinajstić information content (AvgIpc) is 2.32. The van der Waals surface area contributed by atoms with Gasteiger partial charge in [0.15, 0.2) is 5.12 Å². The van der Waals surface area contributed by atoms with Crippen molar-refractivity contribution in [2.45, 2.75) is 26.1 Å². The predicted octanol–water partition coefficient (Wildman–Crippen LogP) is 1.08. The van der Waals surface area contributed by atoms with Gasteiger partial charge >= 0.3 is 0 Å². The lowest BCUT2D eigenvalue weighted by atomic mass is 10.0. The van der Waals surface area contributed by atoms with Crippen molar-refractivity contribution in [3.8, 4) is 11.5 Å². The third kappa shape index (κ3) is 3.38. The fourth-order valence-corrected chi connectivity index (χ4v) is 2.04. The zero-order valence-corrected chi connectivity index (χ0v) is 10.9. The number of phenols is 2. The highest BCUT2D eigenvalue weighted by Crippen LogP contribution is 2.34. The molecule has 1 aromatic rings. The Morgan fingerprint density at radius 2 is 1.94 bits per heavy atom. The molecule has 0 aliphatic heterocycles. The van der Waals surface area contributed by atoms with Gasteiger partial charge in [0.25, 0.3) is 0 Å². The van der Waals surface area contributed by atoms with Gasteiger partial charge < -0.3 is 20.4 Å². The van der Waals surface area contributed by atoms with E-state index in [1.54, 1.807) is 0 Å². The van der Waals surface area contributed by atoms with Crippen LogP contribution in [-0.4, -0.2) is 37.4 Å². The van der Waals surface area contributed by atoms with Crippen LogP contribution in [0.15, 0.2) is 12.1 Å². The van der Waals surface area contributed by atoms with Crippen LogP contribution in [0.3, 0.4) is 0 Å². The Morgan fingerprint density at radius 1 is 1.33 bits per heavy atom. The number of benzene rings is 1. The van der Waals surface area contributed by atoms with E-state index in [-0.39, 0.29) is 33.5 Å². The molecule has 0 bridgehead atoms. The molecule has 18 heavy (non-hydrogen) atoms. The zero-order chi connectivity index (χ0) is 13.9. The Labute approximate surface area is 109 Å². The highest BCUT2D eigenvalue weighted by Gasteiger charge is 2.23. The number of aliphatic hydroxyl groups is 2. The van der Waals surface area contributed by atoms with Gasteiger partial charge in [-0.05, 0) is 19.1 Å². The molecule has 2 unspecified atom stereocenters. The highest BCUT2D eigenvalue weighted by atomic mass is 32.2. The summed E-state index contributed by atoms with van der Waals surface area (Å²) in [5.74, 6) is -0.305. The number of carbonyl (C=O) groups is 1. The summed E-state index contributed by atoms with van der Waals surface area (Å²) in [6.07, 6.45) is -2.48. The first kappa shape index (κ1) is 14.8. The molecule has 0 radical (unpaired) electrons. The topological polar surface area (TPSA) is 98.0 Å². The summed E-state index contributed by atoms with van der Waals surface area (Å²) in [5, 5.41) is 38.6. The zero-order valence-electron chi connectivity index (χ0n) is 10.1. The average molecular weight is 272 g/mol. The van der Waals surface area contributed by atoms with Crippen LogP contribution in [0.2, 0.25) is 0 Å². The van der Waals surface area contributed by atoms with Crippen LogP contribution in [0.4, 0.5) is 0 Å². The summed E-state index contributed by atoms with van der Waals surface area (Å²) in [6.45, 7) is 2.86. The SMILES string of the molecule is CC(=O)SCC(O)C(O)c1ccc(O)c(C)c1O. The number of aromatic hydroxyl groups is 2. The van der Waals surface area contributed by atoms with E-state index in [0.717, 1.165) is 11.8 Å². The van der Waals surface area contributed by atoms with Gasteiger partial charge in [0, 0.05) is 23.8 Å². The Balaban J connectivity index is 2.86. The molecule has 0 heterocycles. The van der Waals surface area contributed by atoms with Crippen molar-refractivity contribution in [3.63, 3.8) is 0 Å². The monoisotopic (exact) mass is 272 g/mol. The number of thioether (sulfide) groups is 1. The van der Waals surface area contributed by atoms with E-state index in [1.807, 2.05) is 0 Å². The summed E-state index contributed by atoms with van der Waals surface area (Å²) < 4.78 is 0. The van der Waals surface area contributed by atoms with Crippen molar-refractivity contribution in [2.24, 2.45) is 0 Å². The van der Waals surface area contributed by atoms with Crippen LogP contribution in [0.5, 0.6) is 11.5 Å². The first-order valence-corrected chi connectivity index (χ1v) is 6.34. The fraction of sp³-hybridized carbons (Fsp3) is 0.417. The summed E-state index contributed by atoms with van der Waals surface area (Å²) in [7, 11) is 0. The number of rotatable bonds is 4. The van der Waals surface area contributed by atoms with Crippen molar-refractivity contribution in [1.82, 2.24) is 0 Å². The van der Waals surface area contributed by atoms with Crippen LogP contribution < -0.4 is 0 Å². The Bertz CT molecular complexity index is 446. The Hall–Kier alpha value is -1.24. The lowest BCUT2D eigenvalue weighted by Gasteiger charge is -2.19. The molecule has 1 aromatic carbocycles. The number of hydrogen-bond donors (Lipinski definition) is 4. The maximum atomic E-state index is 10.8. The minimum Gasteiger partial charge on any atom is -0.508 e. The van der Waals surface area contributed by atoms with Gasteiger partial charge in [0.2, 0.25) is 0 Å². The van der Waals surface area contributed by atoms with E-state index in [0.29, 0.717) is 0 Å². The molecule has 0 saturated heterocycles. The molecular formula is C12H16O5S. The van der Waals surface area contributed by atoms with E-state index in [9.17, 15) is 25.2 Å². The normalized spacial score (nSPS) is 14.2. The molecule has 1 rings (SSSR count). The molecule has 0 fully saturated rings. The molecule has 5 nitrogen and oxygen atoms in total. The second-order valence-corrected chi connectivity index (χ2v) is 5.16. The maximum Gasteiger partial charge on any atom is 0.185 e. The lowest BCUT2D eigenvalue weighted by Crippen LogP contribution is -2.21. The van der Waals surface area contributed by atoms with Crippen LogP contribution in [0, 0.1) is 6.92 Å². The third-order valence-corrected chi connectivity index (χ3v) is 3.49. The van der Waals surface area contributed by atoms with Gasteiger partial charge in [-0.1, -0.05) is 11.8 Å². The molecule has 0 spiro atoms. The summed E-state index contributed by atoms with van der Waals surface area (Å²) in [5.41, 5.74) is 0.361. The van der Waals surface area contributed by atoms with Crippen LogP contribution in [0.1, 0.15) is 24.2 Å². The molecule has 0 amide bonds. The van der Waals surface area contributed by atoms with Gasteiger partial charge in [0.05, 0.1) is 6.10 Å². The van der Waals surface area contributed by atoms with Gasteiger partial charge in [-0.25, -0.2) is 0 Å². The van der Waals surface area contributed by atoms with Gasteiger partial charge in [-0.15, -0.1) is 0 Å². The maximum absolute atomic E-state index is 10.8. The molecule has 100 valence electrons. The second-order valence-electron chi connectivity index (χ2n) is 3.96. The van der Waals surface area contributed by atoms with Crippen LogP contribution >= 0.6 is 11.8 Å². The van der Waals surface area contributed by atoms with E-state index < -0.39 is 12.2 Å². The first-order chi connectivity index (χ1) is 8.34. The standard InChI is InChI=1S/C12H16O5S/c1-6-9(14)4-3-8(11(6)16)12(17)10(15)5-18-7(2)13/h3-4,10,12,14-17H,5H2,1-2H3. The van der Waals surface area contributed by atoms with Crippen LogP contribution in [-0.2, 0) is 4.79 Å². The fourth-order valence-electron chi connectivity index (χ4n) is 1.45. The highest BCUT2D eigenvalue weighted by molar-refractivity contribution is 8.13. The van der Waals surface area contributed by atoms with Crippen molar-refractivity contribution >= 4 is 16.9 Å². The second kappa shape index (κ2) is 6.08. The molecule has 6 heteroatoms. The van der Waals surface area contributed by atoms with Crippen LogP contribution in [0.25, 0.3) is 0 Å². The lowest BCUT2D eigenvalue weighted by molar-refractivity contribution is -0.109. The molecule has 0 aliphatic carbocycles. The van der Waals surface area contributed by atoms with E-state index in [4.69, 9.17) is 0 Å². The smallest absolute Gasteiger partial charge is 0.185 e. The number of phenolic OH excluding ortho intramolecular Hbond substituents is 2. The van der Waals surface area contributed by atoms with E-state index in [1.165, 1.54) is 26.0 Å². The first-order valence-electron chi connectivity index (χ1n) is 5.35. The number of aliphatic hydroxyl groups excluding tert-OH is 2. The van der Waals surface area contributed by atoms with Gasteiger partial charge in [-0.2, -0.15) is 0 Å². The van der Waals surface area contributed by atoms with Crippen molar-refractivity contribution < 1.29 is 25.2 Å². The molecule has 0 saturated carbocycles. The molecular weight excluding hydrogens is 256 g/mol. The van der Waals surface area contributed by atoms with E-state index >= 15 is 0 Å². The number of carbonyl (C=O) groups excluding carboxylic acids is 1. The third-order valence-electron chi connectivity index (χ3n) is 2.57. The summed E-state index contributed by atoms with van der Waals surface area (Å²) >= 11 is 0.896. The minimum absolute atomic E-state index is 0.0376. The largest absolute Gasteiger partial charge is 0.508 e.